The van der Waals surface area contributed by atoms with Gasteiger partial charge in [-0.25, -0.2) is 27.2 Å². The van der Waals surface area contributed by atoms with E-state index in [-0.39, 0.29) is 17.1 Å². The summed E-state index contributed by atoms with van der Waals surface area (Å²) < 4.78 is 63.9. The Hall–Kier alpha value is -4.65. The van der Waals surface area contributed by atoms with Crippen LogP contribution in [0.15, 0.2) is 83.1 Å². The van der Waals surface area contributed by atoms with E-state index in [1.807, 2.05) is 12.3 Å². The predicted octanol–water partition coefficient (Wildman–Crippen LogP) is 3.83. The van der Waals surface area contributed by atoms with Crippen molar-refractivity contribution >= 4 is 26.6 Å². The number of pyridine rings is 1. The van der Waals surface area contributed by atoms with Gasteiger partial charge in [-0.05, 0) is 48.4 Å². The molecule has 39 heavy (non-hydrogen) atoms. The highest BCUT2D eigenvalue weighted by Crippen LogP contribution is 2.31. The lowest BCUT2D eigenvalue weighted by Crippen LogP contribution is -2.21. The second-order valence-corrected chi connectivity index (χ2v) is 10.2. The fourth-order valence-corrected chi connectivity index (χ4v) is 5.18. The number of sulfonamides is 1. The maximum Gasteiger partial charge on any atom is 0.264 e. The van der Waals surface area contributed by atoms with Gasteiger partial charge in [-0.1, -0.05) is 6.07 Å². The molecule has 2 aromatic carbocycles. The summed E-state index contributed by atoms with van der Waals surface area (Å²) in [7, 11) is -3.15. The Balaban J connectivity index is 1.46. The second-order valence-electron chi connectivity index (χ2n) is 8.56. The first kappa shape index (κ1) is 26.0. The molecule has 0 unspecified atom stereocenters. The van der Waals surface area contributed by atoms with Crippen LogP contribution in [0.5, 0.6) is 5.88 Å². The highest BCUT2D eigenvalue weighted by atomic mass is 32.2. The normalized spacial score (nSPS) is 11.6. The minimum absolute atomic E-state index is 0.0631. The van der Waals surface area contributed by atoms with Crippen molar-refractivity contribution in [3.8, 4) is 17.0 Å². The standard InChI is InChI=1S/C26H22F2N6O4S/c1-38-25-23(32-39(36,37)24-7-5-19(27)14-21(24)28)13-18(15-29-25)17-4-6-22-20(12-17)26(35)33(16-30-22)9-3-11-34-10-2-8-31-34/h2,4-8,10,12-16,32H,3,9,11H2,1H3. The first-order valence-corrected chi connectivity index (χ1v) is 13.2. The topological polar surface area (TPSA) is 121 Å². The largest absolute Gasteiger partial charge is 0.480 e. The average Bonchev–Trinajstić information content (AvgIpc) is 3.43. The molecule has 0 spiro atoms. The van der Waals surface area contributed by atoms with Gasteiger partial charge in [0.05, 0.1) is 24.3 Å². The summed E-state index contributed by atoms with van der Waals surface area (Å²) in [6.07, 6.45) is 7.17. The molecule has 0 aliphatic carbocycles. The first-order chi connectivity index (χ1) is 18.7. The van der Waals surface area contributed by atoms with Crippen molar-refractivity contribution in [2.45, 2.75) is 24.4 Å². The van der Waals surface area contributed by atoms with Crippen LogP contribution < -0.4 is 15.0 Å². The number of fused-ring (bicyclic) bond motifs is 1. The Labute approximate surface area is 221 Å². The molecule has 5 rings (SSSR count). The molecule has 10 nitrogen and oxygen atoms in total. The number of benzene rings is 2. The van der Waals surface area contributed by atoms with Gasteiger partial charge in [-0.2, -0.15) is 5.10 Å². The zero-order valence-corrected chi connectivity index (χ0v) is 21.4. The maximum atomic E-state index is 14.2. The van der Waals surface area contributed by atoms with Crippen LogP contribution >= 0.6 is 0 Å². The summed E-state index contributed by atoms with van der Waals surface area (Å²) >= 11 is 0. The quantitative estimate of drug-likeness (QED) is 0.295. The van der Waals surface area contributed by atoms with Crippen molar-refractivity contribution in [1.82, 2.24) is 24.3 Å². The number of nitrogens with zero attached hydrogens (tertiary/aromatic N) is 5. The molecular weight excluding hydrogens is 530 g/mol. The van der Waals surface area contributed by atoms with E-state index in [0.29, 0.717) is 47.6 Å². The predicted molar refractivity (Wildman–Crippen MR) is 140 cm³/mol. The van der Waals surface area contributed by atoms with Crippen LogP contribution in [0, 0.1) is 11.6 Å². The average molecular weight is 553 g/mol. The molecular formula is C26H22F2N6O4S. The van der Waals surface area contributed by atoms with E-state index >= 15 is 0 Å². The molecule has 3 aromatic heterocycles. The highest BCUT2D eigenvalue weighted by molar-refractivity contribution is 7.92. The SMILES string of the molecule is COc1ncc(-c2ccc3ncn(CCCn4cccn4)c(=O)c3c2)cc1NS(=O)(=O)c1ccc(F)cc1F. The third-order valence-electron chi connectivity index (χ3n) is 5.98. The molecule has 13 heteroatoms. The van der Waals surface area contributed by atoms with Crippen molar-refractivity contribution in [3.63, 3.8) is 0 Å². The lowest BCUT2D eigenvalue weighted by Gasteiger charge is -2.13. The summed E-state index contributed by atoms with van der Waals surface area (Å²) in [5.41, 5.74) is 1.24. The van der Waals surface area contributed by atoms with E-state index in [1.54, 1.807) is 29.1 Å². The lowest BCUT2D eigenvalue weighted by molar-refractivity contribution is 0.400. The smallest absolute Gasteiger partial charge is 0.264 e. The minimum Gasteiger partial charge on any atom is -0.480 e. The van der Waals surface area contributed by atoms with Gasteiger partial charge in [-0.3, -0.25) is 18.8 Å². The van der Waals surface area contributed by atoms with Crippen molar-refractivity contribution < 1.29 is 21.9 Å². The number of halogens is 2. The summed E-state index contributed by atoms with van der Waals surface area (Å²) in [4.78, 5) is 21.0. The lowest BCUT2D eigenvalue weighted by atomic mass is 10.1. The zero-order chi connectivity index (χ0) is 27.6. The van der Waals surface area contributed by atoms with Crippen molar-refractivity contribution in [1.29, 1.82) is 0 Å². The van der Waals surface area contributed by atoms with E-state index in [4.69, 9.17) is 4.74 Å². The molecule has 0 aliphatic rings. The summed E-state index contributed by atoms with van der Waals surface area (Å²) in [5.74, 6) is -2.21. The van der Waals surface area contributed by atoms with Gasteiger partial charge in [-0.15, -0.1) is 0 Å². The van der Waals surface area contributed by atoms with Gasteiger partial charge >= 0.3 is 0 Å². The molecule has 3 heterocycles. The number of aromatic nitrogens is 5. The molecule has 200 valence electrons. The fraction of sp³-hybridized carbons (Fsp3) is 0.154. The van der Waals surface area contributed by atoms with E-state index in [2.05, 4.69) is 19.8 Å². The number of nitrogens with one attached hydrogen (secondary N) is 1. The maximum absolute atomic E-state index is 14.2. The molecule has 0 aliphatic heterocycles. The molecule has 5 aromatic rings. The van der Waals surface area contributed by atoms with Gasteiger partial charge in [0.15, 0.2) is 0 Å². The number of hydrogen-bond acceptors (Lipinski definition) is 7. The van der Waals surface area contributed by atoms with Gasteiger partial charge < -0.3 is 4.74 Å². The third kappa shape index (κ3) is 5.48. The van der Waals surface area contributed by atoms with Crippen molar-refractivity contribution in [3.05, 3.63) is 95.4 Å². The molecule has 0 radical (unpaired) electrons. The Kier molecular flexibility index (Phi) is 7.07. The number of anilines is 1. The number of hydrogen-bond donors (Lipinski definition) is 1. The second kappa shape index (κ2) is 10.6. The van der Waals surface area contributed by atoms with Crippen LogP contribution in [-0.4, -0.2) is 39.8 Å². The Morgan fingerprint density at radius 2 is 1.87 bits per heavy atom. The Morgan fingerprint density at radius 3 is 2.62 bits per heavy atom. The van der Waals surface area contributed by atoms with E-state index in [1.165, 1.54) is 30.3 Å². The van der Waals surface area contributed by atoms with E-state index < -0.39 is 26.6 Å². The first-order valence-electron chi connectivity index (χ1n) is 11.7. The Bertz CT molecular complexity index is 1820. The summed E-state index contributed by atoms with van der Waals surface area (Å²) in [6, 6.07) is 10.5. The third-order valence-corrected chi connectivity index (χ3v) is 7.37. The number of rotatable bonds is 9. The monoisotopic (exact) mass is 552 g/mol. The van der Waals surface area contributed by atoms with Crippen molar-refractivity contribution in [2.75, 3.05) is 11.8 Å². The molecule has 0 fully saturated rings. The van der Waals surface area contributed by atoms with Gasteiger partial charge in [0.1, 0.15) is 22.2 Å². The van der Waals surface area contributed by atoms with Gasteiger partial charge in [0.25, 0.3) is 15.6 Å². The molecule has 0 amide bonds. The molecule has 0 bridgehead atoms. The van der Waals surface area contributed by atoms with Crippen LogP contribution in [0.25, 0.3) is 22.0 Å². The number of ether oxygens (including phenoxy) is 1. The summed E-state index contributed by atoms with van der Waals surface area (Å²) in [6.45, 7) is 1.09. The van der Waals surface area contributed by atoms with E-state index in [0.717, 1.165) is 12.1 Å². The van der Waals surface area contributed by atoms with Gasteiger partial charge in [0.2, 0.25) is 5.88 Å². The molecule has 0 saturated heterocycles. The van der Waals surface area contributed by atoms with E-state index in [9.17, 15) is 22.0 Å². The fourth-order valence-electron chi connectivity index (χ4n) is 4.07. The van der Waals surface area contributed by atoms with Crippen LogP contribution in [-0.2, 0) is 23.1 Å². The van der Waals surface area contributed by atoms with Crippen LogP contribution in [0.1, 0.15) is 6.42 Å². The number of aryl methyl sites for hydroxylation is 2. The molecule has 0 atom stereocenters. The van der Waals surface area contributed by atoms with Crippen molar-refractivity contribution in [2.24, 2.45) is 0 Å². The van der Waals surface area contributed by atoms with Crippen LogP contribution in [0.4, 0.5) is 14.5 Å². The summed E-state index contributed by atoms with van der Waals surface area (Å²) in [5, 5.41) is 4.53. The molecule has 0 saturated carbocycles. The highest BCUT2D eigenvalue weighted by Gasteiger charge is 2.22. The van der Waals surface area contributed by atoms with Crippen LogP contribution in [0.3, 0.4) is 0 Å². The minimum atomic E-state index is -4.45. The van der Waals surface area contributed by atoms with Gasteiger partial charge in [0, 0.05) is 43.3 Å². The molecule has 1 N–H and O–H groups in total. The number of methoxy groups -OCH3 is 1. The zero-order valence-electron chi connectivity index (χ0n) is 20.6. The van der Waals surface area contributed by atoms with Crippen LogP contribution in [0.2, 0.25) is 0 Å². The Morgan fingerprint density at radius 1 is 1.03 bits per heavy atom.